The maximum atomic E-state index is 15.1. The number of nitrogens with zero attached hydrogens (tertiary/aromatic N) is 4. The van der Waals surface area contributed by atoms with Gasteiger partial charge in [0.05, 0.1) is 22.1 Å². The average Bonchev–Trinajstić information content (AvgIpc) is 3.79. The molecule has 0 saturated heterocycles. The summed E-state index contributed by atoms with van der Waals surface area (Å²) in [5.41, 5.74) is 13.1. The number of benzene rings is 8. The smallest absolute Gasteiger partial charge is 0.234 e. The van der Waals surface area contributed by atoms with E-state index in [1.165, 1.54) is 21.8 Å². The van der Waals surface area contributed by atoms with Crippen LogP contribution in [0.4, 0.5) is 4.39 Å². The highest BCUT2D eigenvalue weighted by Gasteiger charge is 2.17. The van der Waals surface area contributed by atoms with E-state index in [1.54, 1.807) is 6.07 Å². The summed E-state index contributed by atoms with van der Waals surface area (Å²) in [7, 11) is 0. The van der Waals surface area contributed by atoms with Crippen LogP contribution in [0.25, 0.3) is 99.8 Å². The van der Waals surface area contributed by atoms with Gasteiger partial charge in [0.2, 0.25) is 5.95 Å². The molecule has 268 valence electrons. The van der Waals surface area contributed by atoms with Crippen LogP contribution in [0.15, 0.2) is 200 Å². The number of hydrogen-bond acceptors (Lipinski definition) is 2. The Kier molecular flexibility index (Phi) is 7.64. The zero-order chi connectivity index (χ0) is 37.9. The van der Waals surface area contributed by atoms with Crippen molar-refractivity contribution in [3.05, 3.63) is 206 Å². The van der Waals surface area contributed by atoms with Crippen molar-refractivity contribution in [3.63, 3.8) is 0 Å². The number of para-hydroxylation sites is 3. The minimum Gasteiger partial charge on any atom is -0.309 e. The highest BCUT2D eigenvalue weighted by molar-refractivity contribution is 6.12. The van der Waals surface area contributed by atoms with Gasteiger partial charge in [0.25, 0.3) is 0 Å². The Bertz CT molecular complexity index is 3270. The van der Waals surface area contributed by atoms with Crippen LogP contribution in [0.2, 0.25) is 0 Å². The highest BCUT2D eigenvalue weighted by atomic mass is 19.1. The Balaban J connectivity index is 0.927. The molecule has 11 aromatic rings. The second kappa shape index (κ2) is 13.3. The van der Waals surface area contributed by atoms with E-state index < -0.39 is 0 Å². The van der Waals surface area contributed by atoms with Gasteiger partial charge in [0.1, 0.15) is 5.82 Å². The van der Waals surface area contributed by atoms with Crippen LogP contribution in [0.5, 0.6) is 0 Å². The molecule has 0 spiro atoms. The van der Waals surface area contributed by atoms with Crippen molar-refractivity contribution in [1.82, 2.24) is 19.1 Å². The van der Waals surface area contributed by atoms with Gasteiger partial charge in [-0.3, -0.25) is 4.57 Å². The van der Waals surface area contributed by atoms with Crippen molar-refractivity contribution in [2.45, 2.75) is 0 Å². The van der Waals surface area contributed by atoms with Gasteiger partial charge in [-0.25, -0.2) is 14.4 Å². The van der Waals surface area contributed by atoms with Crippen molar-refractivity contribution in [2.75, 3.05) is 0 Å². The fourth-order valence-corrected chi connectivity index (χ4v) is 8.36. The molecular weight excluding hydrogens is 700 g/mol. The molecule has 0 saturated carbocycles. The SMILES string of the molecule is Fc1cc(-c2ccc(-c3cnc(-n4c5ccccc5c5cc(-c6ccc7c(c6)c6ccccc6n7-c6ccccc6)ccc54)nc3)cc2)ccc1-c1ccccc1. The summed E-state index contributed by atoms with van der Waals surface area (Å²) in [6.45, 7) is 0. The zero-order valence-corrected chi connectivity index (χ0v) is 30.7. The van der Waals surface area contributed by atoms with Gasteiger partial charge in [-0.1, -0.05) is 133 Å². The Morgan fingerprint density at radius 2 is 0.789 bits per heavy atom. The molecule has 0 aliphatic rings. The van der Waals surface area contributed by atoms with Gasteiger partial charge in [-0.05, 0) is 88.0 Å². The first kappa shape index (κ1) is 32.8. The lowest BCUT2D eigenvalue weighted by Gasteiger charge is -2.09. The average molecular weight is 733 g/mol. The van der Waals surface area contributed by atoms with E-state index in [-0.39, 0.29) is 5.82 Å². The van der Waals surface area contributed by atoms with E-state index in [1.807, 2.05) is 79.1 Å². The Labute approximate surface area is 328 Å². The van der Waals surface area contributed by atoms with Crippen molar-refractivity contribution >= 4 is 43.6 Å². The third kappa shape index (κ3) is 5.51. The minimum absolute atomic E-state index is 0.238. The number of fused-ring (bicyclic) bond motifs is 6. The summed E-state index contributed by atoms with van der Waals surface area (Å²) in [6, 6.07) is 64.3. The molecule has 11 rings (SSSR count). The molecule has 3 aromatic heterocycles. The van der Waals surface area contributed by atoms with Gasteiger partial charge in [0, 0.05) is 50.8 Å². The Hall–Kier alpha value is -7.63. The summed E-state index contributed by atoms with van der Waals surface area (Å²) in [5.74, 6) is 0.372. The van der Waals surface area contributed by atoms with Crippen LogP contribution in [0, 0.1) is 5.82 Å². The number of rotatable bonds is 6. The van der Waals surface area contributed by atoms with Gasteiger partial charge in [-0.15, -0.1) is 0 Å². The topological polar surface area (TPSA) is 35.6 Å². The molecule has 0 atom stereocenters. The van der Waals surface area contributed by atoms with E-state index in [9.17, 15) is 0 Å². The first-order valence-electron chi connectivity index (χ1n) is 19.1. The Morgan fingerprint density at radius 1 is 0.333 bits per heavy atom. The molecule has 5 heteroatoms. The molecular formula is C52H33FN4. The normalized spacial score (nSPS) is 11.6. The van der Waals surface area contributed by atoms with Gasteiger partial charge < -0.3 is 4.57 Å². The molecule has 0 aliphatic heterocycles. The summed E-state index contributed by atoms with van der Waals surface area (Å²) in [4.78, 5) is 9.80. The van der Waals surface area contributed by atoms with E-state index >= 15 is 4.39 Å². The number of halogens is 1. The summed E-state index contributed by atoms with van der Waals surface area (Å²) < 4.78 is 19.6. The largest absolute Gasteiger partial charge is 0.309 e. The first-order chi connectivity index (χ1) is 28.2. The van der Waals surface area contributed by atoms with Crippen molar-refractivity contribution in [2.24, 2.45) is 0 Å². The van der Waals surface area contributed by atoms with Crippen LogP contribution >= 0.6 is 0 Å². The van der Waals surface area contributed by atoms with Crippen molar-refractivity contribution in [1.29, 1.82) is 0 Å². The number of aromatic nitrogens is 4. The summed E-state index contributed by atoms with van der Waals surface area (Å²) >= 11 is 0. The summed E-state index contributed by atoms with van der Waals surface area (Å²) in [5, 5.41) is 4.75. The van der Waals surface area contributed by atoms with E-state index in [2.05, 4.69) is 124 Å². The van der Waals surface area contributed by atoms with Crippen LogP contribution in [-0.4, -0.2) is 19.1 Å². The lowest BCUT2D eigenvalue weighted by molar-refractivity contribution is 0.632. The summed E-state index contributed by atoms with van der Waals surface area (Å²) in [6.07, 6.45) is 3.75. The predicted molar refractivity (Wildman–Crippen MR) is 232 cm³/mol. The van der Waals surface area contributed by atoms with Gasteiger partial charge in [0.15, 0.2) is 0 Å². The van der Waals surface area contributed by atoms with Gasteiger partial charge in [-0.2, -0.15) is 0 Å². The second-order valence-electron chi connectivity index (χ2n) is 14.4. The zero-order valence-electron chi connectivity index (χ0n) is 30.7. The maximum Gasteiger partial charge on any atom is 0.234 e. The van der Waals surface area contributed by atoms with Crippen LogP contribution in [0.1, 0.15) is 0 Å². The molecule has 8 aromatic carbocycles. The van der Waals surface area contributed by atoms with Gasteiger partial charge >= 0.3 is 0 Å². The third-order valence-electron chi connectivity index (χ3n) is 11.1. The molecule has 4 nitrogen and oxygen atoms in total. The standard InChI is InChI=1S/C52H33FN4/c53-47-31-39(23-26-42(47)36-11-3-1-4-12-36)34-19-21-35(22-20-34)40-32-54-52(55-33-40)57-49-18-10-8-16-44(49)46-30-38(25-28-51(46)57)37-24-27-50-45(29-37)43-15-7-9-17-48(43)56(50)41-13-5-2-6-14-41/h1-33H. The van der Waals surface area contributed by atoms with E-state index in [4.69, 9.17) is 9.97 Å². The van der Waals surface area contributed by atoms with Crippen molar-refractivity contribution < 1.29 is 4.39 Å². The predicted octanol–water partition coefficient (Wildman–Crippen LogP) is 13.5. The molecule has 3 heterocycles. The maximum absolute atomic E-state index is 15.1. The molecule has 0 radical (unpaired) electrons. The van der Waals surface area contributed by atoms with Crippen molar-refractivity contribution in [3.8, 4) is 56.1 Å². The second-order valence-corrected chi connectivity index (χ2v) is 14.4. The molecule has 0 amide bonds. The monoisotopic (exact) mass is 732 g/mol. The Morgan fingerprint density at radius 3 is 1.40 bits per heavy atom. The van der Waals surface area contributed by atoms with Crippen LogP contribution in [0.3, 0.4) is 0 Å². The van der Waals surface area contributed by atoms with E-state index in [0.717, 1.165) is 66.4 Å². The fourth-order valence-electron chi connectivity index (χ4n) is 8.36. The lowest BCUT2D eigenvalue weighted by Crippen LogP contribution is -2.00. The number of hydrogen-bond donors (Lipinski definition) is 0. The highest BCUT2D eigenvalue weighted by Crippen LogP contribution is 2.38. The molecule has 0 aliphatic carbocycles. The molecule has 0 fully saturated rings. The first-order valence-corrected chi connectivity index (χ1v) is 19.1. The van der Waals surface area contributed by atoms with E-state index in [0.29, 0.717) is 11.5 Å². The molecule has 57 heavy (non-hydrogen) atoms. The quantitative estimate of drug-likeness (QED) is 0.171. The molecule has 0 unspecified atom stereocenters. The van der Waals surface area contributed by atoms with Crippen LogP contribution in [-0.2, 0) is 0 Å². The molecule has 0 N–H and O–H groups in total. The van der Waals surface area contributed by atoms with Crippen LogP contribution < -0.4 is 0 Å². The fraction of sp³-hybridized carbons (Fsp3) is 0. The third-order valence-corrected chi connectivity index (χ3v) is 11.1. The lowest BCUT2D eigenvalue weighted by atomic mass is 9.98. The minimum atomic E-state index is -0.238. The molecule has 0 bridgehead atoms.